The predicted molar refractivity (Wildman–Crippen MR) is 120 cm³/mol. The highest BCUT2D eigenvalue weighted by Crippen LogP contribution is 2.27. The summed E-state index contributed by atoms with van der Waals surface area (Å²) in [6, 6.07) is 16.1. The second kappa shape index (κ2) is 10.4. The molecule has 154 valence electrons. The summed E-state index contributed by atoms with van der Waals surface area (Å²) in [7, 11) is 0. The molecule has 2 N–H and O–H groups in total. The van der Waals surface area contributed by atoms with Crippen molar-refractivity contribution >= 4 is 24.2 Å². The van der Waals surface area contributed by atoms with Crippen molar-refractivity contribution in [2.75, 3.05) is 6.54 Å². The highest BCUT2D eigenvalue weighted by Gasteiger charge is 2.10. The van der Waals surface area contributed by atoms with Gasteiger partial charge in [0.2, 0.25) is 0 Å². The fourth-order valence-electron chi connectivity index (χ4n) is 2.79. The van der Waals surface area contributed by atoms with Crippen LogP contribution >= 0.6 is 24.2 Å². The zero-order valence-electron chi connectivity index (χ0n) is 16.3. The largest absolute Gasteiger partial charge is 0.350 e. The number of halogens is 2. The highest BCUT2D eigenvalue weighted by atomic mass is 35.5. The van der Waals surface area contributed by atoms with E-state index in [1.807, 2.05) is 36.0 Å². The van der Waals surface area contributed by atoms with E-state index in [1.165, 1.54) is 20.5 Å². The molecule has 0 amide bonds. The van der Waals surface area contributed by atoms with Gasteiger partial charge in [-0.2, -0.15) is 5.10 Å². The zero-order valence-corrected chi connectivity index (χ0v) is 17.9. The fraction of sp³-hybridized carbons (Fsp3) is 0.238. The Morgan fingerprint density at radius 1 is 1.21 bits per heavy atom. The Hall–Kier alpha value is -2.35. The van der Waals surface area contributed by atoms with Crippen molar-refractivity contribution in [1.82, 2.24) is 14.3 Å². The van der Waals surface area contributed by atoms with Gasteiger partial charge in [0.1, 0.15) is 6.33 Å². The SMILES string of the molecule is CC(C)Sc1ccc(-c2cccc(-n3cnn(C/C(=C/F)CN)c3=O)c2)cc1.Cl. The fourth-order valence-corrected chi connectivity index (χ4v) is 3.63. The minimum absolute atomic E-state index is 0. The third-order valence-electron chi connectivity index (χ3n) is 4.19. The van der Waals surface area contributed by atoms with Crippen LogP contribution in [0.25, 0.3) is 16.8 Å². The van der Waals surface area contributed by atoms with Crippen molar-refractivity contribution in [2.45, 2.75) is 30.5 Å². The summed E-state index contributed by atoms with van der Waals surface area (Å²) < 4.78 is 15.4. The Balaban J connectivity index is 0.00000300. The summed E-state index contributed by atoms with van der Waals surface area (Å²) >= 11 is 1.82. The first-order chi connectivity index (χ1) is 13.5. The van der Waals surface area contributed by atoms with Crippen LogP contribution in [0, 0.1) is 0 Å². The van der Waals surface area contributed by atoms with Gasteiger partial charge in [0, 0.05) is 16.7 Å². The molecular formula is C21H24ClFN4OS. The molecule has 0 spiro atoms. The van der Waals surface area contributed by atoms with Gasteiger partial charge in [0.25, 0.3) is 0 Å². The van der Waals surface area contributed by atoms with Crippen LogP contribution in [0.1, 0.15) is 13.8 Å². The standard InChI is InChI=1S/C21H23FN4OS.ClH/c1-15(2)28-20-8-6-17(7-9-20)18-4-3-5-19(10-18)25-14-24-26(21(25)27)13-16(11-22)12-23;/h3-11,14-15H,12-13,23H2,1-2H3;1H/b16-11+;. The number of nitrogens with zero attached hydrogens (tertiary/aromatic N) is 3. The Morgan fingerprint density at radius 2 is 1.93 bits per heavy atom. The molecule has 0 unspecified atom stereocenters. The molecule has 1 aromatic heterocycles. The molecule has 8 heteroatoms. The highest BCUT2D eigenvalue weighted by molar-refractivity contribution is 7.99. The number of aromatic nitrogens is 3. The number of rotatable bonds is 7. The topological polar surface area (TPSA) is 65.8 Å². The van der Waals surface area contributed by atoms with Gasteiger partial charge in [-0.05, 0) is 41.0 Å². The molecule has 0 aliphatic carbocycles. The number of thioether (sulfide) groups is 1. The lowest BCUT2D eigenvalue weighted by molar-refractivity contribution is 0.612. The van der Waals surface area contributed by atoms with Crippen LogP contribution in [-0.4, -0.2) is 26.1 Å². The first-order valence-electron chi connectivity index (χ1n) is 9.02. The third-order valence-corrected chi connectivity index (χ3v) is 5.20. The maximum Gasteiger partial charge on any atom is 0.350 e. The average molecular weight is 435 g/mol. The maximum absolute atomic E-state index is 12.8. The van der Waals surface area contributed by atoms with Gasteiger partial charge in [-0.1, -0.05) is 38.1 Å². The normalized spacial score (nSPS) is 11.6. The van der Waals surface area contributed by atoms with Crippen LogP contribution in [-0.2, 0) is 6.54 Å². The second-order valence-corrected chi connectivity index (χ2v) is 8.30. The summed E-state index contributed by atoms with van der Waals surface area (Å²) in [5.41, 5.74) is 8.20. The quantitative estimate of drug-likeness (QED) is 0.558. The molecule has 0 bridgehead atoms. The van der Waals surface area contributed by atoms with E-state index in [1.54, 1.807) is 0 Å². The molecular weight excluding hydrogens is 411 g/mol. The monoisotopic (exact) mass is 434 g/mol. The van der Waals surface area contributed by atoms with Crippen LogP contribution in [0.5, 0.6) is 0 Å². The lowest BCUT2D eigenvalue weighted by Crippen LogP contribution is -2.25. The van der Waals surface area contributed by atoms with E-state index in [-0.39, 0.29) is 31.2 Å². The Kier molecular flexibility index (Phi) is 8.25. The van der Waals surface area contributed by atoms with Gasteiger partial charge in [-0.15, -0.1) is 24.2 Å². The van der Waals surface area contributed by atoms with E-state index in [0.717, 1.165) is 11.1 Å². The van der Waals surface area contributed by atoms with Gasteiger partial charge >= 0.3 is 5.69 Å². The van der Waals surface area contributed by atoms with Gasteiger partial charge in [-0.3, -0.25) is 0 Å². The molecule has 29 heavy (non-hydrogen) atoms. The van der Waals surface area contributed by atoms with Crippen molar-refractivity contribution in [2.24, 2.45) is 5.73 Å². The molecule has 0 aliphatic heterocycles. The smallest absolute Gasteiger partial charge is 0.327 e. The summed E-state index contributed by atoms with van der Waals surface area (Å²) in [4.78, 5) is 13.8. The molecule has 3 rings (SSSR count). The molecule has 0 aliphatic rings. The van der Waals surface area contributed by atoms with Gasteiger partial charge < -0.3 is 5.73 Å². The first kappa shape index (κ1) is 22.9. The van der Waals surface area contributed by atoms with Crippen LogP contribution in [0.4, 0.5) is 4.39 Å². The van der Waals surface area contributed by atoms with Crippen molar-refractivity contribution in [3.63, 3.8) is 0 Å². The van der Waals surface area contributed by atoms with E-state index in [4.69, 9.17) is 5.73 Å². The van der Waals surface area contributed by atoms with Crippen molar-refractivity contribution in [3.8, 4) is 16.8 Å². The number of hydrogen-bond acceptors (Lipinski definition) is 4. The molecule has 0 saturated carbocycles. The molecule has 1 heterocycles. The second-order valence-electron chi connectivity index (χ2n) is 6.65. The van der Waals surface area contributed by atoms with E-state index in [0.29, 0.717) is 22.8 Å². The number of benzene rings is 2. The summed E-state index contributed by atoms with van der Waals surface area (Å²) in [6.45, 7) is 4.41. The molecule has 0 saturated heterocycles. The van der Waals surface area contributed by atoms with Gasteiger partial charge in [0.05, 0.1) is 18.6 Å². The summed E-state index contributed by atoms with van der Waals surface area (Å²) in [5, 5.41) is 4.60. The average Bonchev–Trinajstić information content (AvgIpc) is 3.06. The lowest BCUT2D eigenvalue weighted by atomic mass is 10.1. The van der Waals surface area contributed by atoms with Crippen LogP contribution in [0.2, 0.25) is 0 Å². The number of nitrogens with two attached hydrogens (primary N) is 1. The van der Waals surface area contributed by atoms with Crippen LogP contribution < -0.4 is 11.4 Å². The van der Waals surface area contributed by atoms with Crippen molar-refractivity contribution in [1.29, 1.82) is 0 Å². The van der Waals surface area contributed by atoms with E-state index in [2.05, 4.69) is 43.2 Å². The summed E-state index contributed by atoms with van der Waals surface area (Å²) in [5.74, 6) is 0. The Morgan fingerprint density at radius 3 is 2.55 bits per heavy atom. The van der Waals surface area contributed by atoms with Gasteiger partial charge in [-0.25, -0.2) is 18.4 Å². The minimum atomic E-state index is -0.339. The van der Waals surface area contributed by atoms with E-state index < -0.39 is 0 Å². The van der Waals surface area contributed by atoms with E-state index >= 15 is 0 Å². The van der Waals surface area contributed by atoms with Crippen LogP contribution in [0.3, 0.4) is 0 Å². The molecule has 0 fully saturated rings. The van der Waals surface area contributed by atoms with Crippen molar-refractivity contribution < 1.29 is 4.39 Å². The summed E-state index contributed by atoms with van der Waals surface area (Å²) in [6.07, 6.45) is 1.86. The molecule has 3 aromatic rings. The zero-order chi connectivity index (χ0) is 20.1. The predicted octanol–water partition coefficient (Wildman–Crippen LogP) is 4.44. The molecule has 0 atom stereocenters. The molecule has 5 nitrogen and oxygen atoms in total. The lowest BCUT2D eigenvalue weighted by Gasteiger charge is -2.08. The minimum Gasteiger partial charge on any atom is -0.327 e. The Bertz CT molecular complexity index is 1030. The van der Waals surface area contributed by atoms with Gasteiger partial charge in [0.15, 0.2) is 0 Å². The third kappa shape index (κ3) is 5.59. The van der Waals surface area contributed by atoms with Crippen molar-refractivity contribution in [3.05, 3.63) is 77.2 Å². The molecule has 2 aromatic carbocycles. The molecule has 0 radical (unpaired) electrons. The first-order valence-corrected chi connectivity index (χ1v) is 9.90. The Labute approximate surface area is 179 Å². The number of hydrogen-bond donors (Lipinski definition) is 1. The maximum atomic E-state index is 12.8. The van der Waals surface area contributed by atoms with E-state index in [9.17, 15) is 9.18 Å². The van der Waals surface area contributed by atoms with Crippen LogP contribution in [0.15, 0.2) is 76.5 Å².